The summed E-state index contributed by atoms with van der Waals surface area (Å²) in [5, 5.41) is 6.68. The molecular formula is C35H34ClF5N6O9S2. The third kappa shape index (κ3) is 9.79. The van der Waals surface area contributed by atoms with E-state index in [-0.39, 0.29) is 39.5 Å². The number of amides is 1. The van der Waals surface area contributed by atoms with Gasteiger partial charge in [-0.25, -0.2) is 26.3 Å². The number of sulfonamides is 1. The summed E-state index contributed by atoms with van der Waals surface area (Å²) in [6.07, 6.45) is -0.916. The van der Waals surface area contributed by atoms with Crippen molar-refractivity contribution in [1.82, 2.24) is 24.6 Å². The number of anilines is 1. The maximum Gasteiger partial charge on any atom is 0.534 e. The Bertz CT molecular complexity index is 2650. The van der Waals surface area contributed by atoms with E-state index in [4.69, 9.17) is 21.1 Å². The van der Waals surface area contributed by atoms with E-state index < -0.39 is 78.7 Å². The molecule has 15 nitrogen and oxygen atoms in total. The Morgan fingerprint density at radius 2 is 1.59 bits per heavy atom. The zero-order valence-corrected chi connectivity index (χ0v) is 33.6. The van der Waals surface area contributed by atoms with Crippen LogP contribution in [0, 0.1) is 11.6 Å². The number of carbonyl (C=O) groups is 1. The van der Waals surface area contributed by atoms with Gasteiger partial charge in [-0.3, -0.25) is 14.0 Å². The van der Waals surface area contributed by atoms with Gasteiger partial charge < -0.3 is 19.0 Å². The summed E-state index contributed by atoms with van der Waals surface area (Å²) in [5.74, 6) is -3.98. The Balaban J connectivity index is 1.82. The smallest absolute Gasteiger partial charge is 0.497 e. The highest BCUT2D eigenvalue weighted by atomic mass is 35.5. The van der Waals surface area contributed by atoms with Crippen molar-refractivity contribution in [2.45, 2.75) is 50.9 Å². The predicted octanol–water partition coefficient (Wildman–Crippen LogP) is 6.06. The number of halogens is 6. The van der Waals surface area contributed by atoms with Gasteiger partial charge in [0.15, 0.2) is 5.82 Å². The Morgan fingerprint density at radius 3 is 2.14 bits per heavy atom. The molecule has 312 valence electrons. The lowest BCUT2D eigenvalue weighted by atomic mass is 10.0. The highest BCUT2D eigenvalue weighted by Gasteiger charge is 2.49. The number of alkyl carbamates (subject to hydrolysis) is 1. The Morgan fingerprint density at radius 1 is 0.966 bits per heavy atom. The molecule has 0 saturated carbocycles. The highest BCUT2D eigenvalue weighted by molar-refractivity contribution is 7.92. The van der Waals surface area contributed by atoms with Crippen LogP contribution in [0.2, 0.25) is 5.02 Å². The lowest BCUT2D eigenvalue weighted by Gasteiger charge is -2.26. The molecular weight excluding hydrogens is 843 g/mol. The predicted molar refractivity (Wildman–Crippen MR) is 201 cm³/mol. The number of rotatable bonds is 12. The molecule has 5 rings (SSSR count). The fourth-order valence-electron chi connectivity index (χ4n) is 5.72. The van der Waals surface area contributed by atoms with Crippen LogP contribution < -0.4 is 24.1 Å². The average molecular weight is 877 g/mol. The number of carbonyl (C=O) groups excluding carboxylic acids is 1. The summed E-state index contributed by atoms with van der Waals surface area (Å²) in [4.78, 5) is 31.3. The quantitative estimate of drug-likeness (QED) is 0.0874. The number of benzene rings is 3. The monoisotopic (exact) mass is 876 g/mol. The summed E-state index contributed by atoms with van der Waals surface area (Å²) in [6, 6.07) is 9.73. The molecule has 0 saturated heterocycles. The van der Waals surface area contributed by atoms with Crippen molar-refractivity contribution in [2.24, 2.45) is 7.05 Å². The molecule has 0 radical (unpaired) electrons. The van der Waals surface area contributed by atoms with Gasteiger partial charge in [-0.05, 0) is 68.3 Å². The number of nitrogens with zero attached hydrogens (tertiary/aromatic N) is 5. The molecule has 1 unspecified atom stereocenters. The summed E-state index contributed by atoms with van der Waals surface area (Å²) in [6.45, 7) is 4.21. The van der Waals surface area contributed by atoms with Gasteiger partial charge in [0.25, 0.3) is 5.56 Å². The fourth-order valence-corrected chi connectivity index (χ4v) is 7.18. The molecule has 3 aromatic carbocycles. The van der Waals surface area contributed by atoms with Gasteiger partial charge >= 0.3 is 21.7 Å². The molecule has 23 heteroatoms. The van der Waals surface area contributed by atoms with Crippen LogP contribution in [0.15, 0.2) is 65.5 Å². The Hall–Kier alpha value is -5.48. The number of methoxy groups -OCH3 is 1. The number of hydrogen-bond donors (Lipinski definition) is 1. The minimum Gasteiger partial charge on any atom is -0.497 e. The van der Waals surface area contributed by atoms with Crippen molar-refractivity contribution < 1.29 is 57.2 Å². The van der Waals surface area contributed by atoms with Crippen molar-refractivity contribution in [2.75, 3.05) is 17.7 Å². The van der Waals surface area contributed by atoms with Crippen LogP contribution in [-0.4, -0.2) is 66.7 Å². The topological polar surface area (TPSA) is 181 Å². The largest absolute Gasteiger partial charge is 0.534 e. The van der Waals surface area contributed by atoms with E-state index in [0.29, 0.717) is 23.4 Å². The van der Waals surface area contributed by atoms with Gasteiger partial charge in [0.1, 0.15) is 28.8 Å². The summed E-state index contributed by atoms with van der Waals surface area (Å²) >= 11 is 6.69. The molecule has 1 atom stereocenters. The third-order valence-electron chi connectivity index (χ3n) is 8.02. The number of fused-ring (bicyclic) bond motifs is 1. The second-order valence-corrected chi connectivity index (χ2v) is 17.5. The van der Waals surface area contributed by atoms with Crippen LogP contribution in [-0.2, 0) is 44.9 Å². The summed E-state index contributed by atoms with van der Waals surface area (Å²) < 4.78 is 138. The van der Waals surface area contributed by atoms with Gasteiger partial charge in [-0.2, -0.15) is 31.7 Å². The highest BCUT2D eigenvalue weighted by Crippen LogP contribution is 2.38. The first kappa shape index (κ1) is 43.6. The standard InChI is InChI=1S/C35H34ClF5N6O9S2/c1-34(2,3)55-33(49)42-25(15-20-13-21(37)16-22(38)14-20)31-43-27(56-58(52,53)35(39,40)41)17-28(48)47(31)26-12-11-24(36)29-30(26)45(4)44-32(29)46(57(6,50)51)18-19-7-9-23(54-5)10-8-19/h7-14,16-17,25H,15,18H2,1-6H3,(H,42,49). The Labute approximate surface area is 333 Å². The van der Waals surface area contributed by atoms with E-state index >= 15 is 0 Å². The molecule has 5 aromatic rings. The van der Waals surface area contributed by atoms with E-state index in [1.54, 1.807) is 24.3 Å². The molecule has 0 aliphatic carbocycles. The molecule has 1 amide bonds. The maximum absolute atomic E-state index is 14.4. The van der Waals surface area contributed by atoms with Gasteiger partial charge in [-0.1, -0.05) is 23.7 Å². The first-order valence-electron chi connectivity index (χ1n) is 16.6. The number of aromatic nitrogens is 4. The van der Waals surface area contributed by atoms with Crippen LogP contribution >= 0.6 is 11.6 Å². The van der Waals surface area contributed by atoms with E-state index in [1.807, 2.05) is 0 Å². The minimum absolute atomic E-state index is 0.0534. The van der Waals surface area contributed by atoms with E-state index in [9.17, 15) is 48.4 Å². The molecule has 0 aliphatic heterocycles. The molecule has 58 heavy (non-hydrogen) atoms. The Kier molecular flexibility index (Phi) is 12.1. The molecule has 0 aliphatic rings. The molecule has 2 aromatic heterocycles. The first-order chi connectivity index (χ1) is 26.8. The van der Waals surface area contributed by atoms with Gasteiger partial charge in [-0.15, -0.1) is 0 Å². The zero-order valence-electron chi connectivity index (χ0n) is 31.3. The zero-order chi connectivity index (χ0) is 43.1. The van der Waals surface area contributed by atoms with Crippen LogP contribution in [0.25, 0.3) is 16.6 Å². The van der Waals surface area contributed by atoms with Crippen LogP contribution in [0.3, 0.4) is 0 Å². The minimum atomic E-state index is -6.42. The number of alkyl halides is 3. The van der Waals surface area contributed by atoms with Gasteiger partial charge in [0.2, 0.25) is 15.9 Å². The second kappa shape index (κ2) is 16.0. The summed E-state index contributed by atoms with van der Waals surface area (Å²) in [5.41, 5.74) is -8.39. The number of aryl methyl sites for hydroxylation is 1. The van der Waals surface area contributed by atoms with Crippen LogP contribution in [0.5, 0.6) is 11.6 Å². The number of ether oxygens (including phenoxy) is 2. The SMILES string of the molecule is COc1ccc(CN(c2nn(C)c3c(-n4c(C(Cc5cc(F)cc(F)c5)NC(=O)OC(C)(C)C)nc(OS(=O)(=O)C(F)(F)F)cc4=O)ccc(Cl)c23)S(C)(=O)=O)cc1. The van der Waals surface area contributed by atoms with E-state index in [2.05, 4.69) is 19.6 Å². The van der Waals surface area contributed by atoms with Gasteiger partial charge in [0.05, 0.1) is 53.6 Å². The van der Waals surface area contributed by atoms with Crippen molar-refractivity contribution in [1.29, 1.82) is 0 Å². The number of nitrogens with one attached hydrogen (secondary N) is 1. The van der Waals surface area contributed by atoms with Gasteiger partial charge in [0, 0.05) is 19.5 Å². The third-order valence-corrected chi connectivity index (χ3v) is 10.4. The van der Waals surface area contributed by atoms with Crippen molar-refractivity contribution >= 4 is 54.6 Å². The number of hydrogen-bond acceptors (Lipinski definition) is 11. The maximum atomic E-state index is 14.4. The average Bonchev–Trinajstić information content (AvgIpc) is 3.42. The van der Waals surface area contributed by atoms with Crippen LogP contribution in [0.4, 0.5) is 32.6 Å². The molecule has 0 bridgehead atoms. The van der Waals surface area contributed by atoms with Crippen molar-refractivity contribution in [3.05, 3.63) is 105 Å². The van der Waals surface area contributed by atoms with Crippen LogP contribution in [0.1, 0.15) is 43.8 Å². The first-order valence-corrected chi connectivity index (χ1v) is 20.3. The molecule has 0 spiro atoms. The van der Waals surface area contributed by atoms with Crippen molar-refractivity contribution in [3.63, 3.8) is 0 Å². The fraction of sp³-hybridized carbons (Fsp3) is 0.314. The normalized spacial score (nSPS) is 13.0. The van der Waals surface area contributed by atoms with E-state index in [0.717, 1.165) is 31.9 Å². The lowest BCUT2D eigenvalue weighted by molar-refractivity contribution is -0.0501. The summed E-state index contributed by atoms with van der Waals surface area (Å²) in [7, 11) is -7.76. The second-order valence-electron chi connectivity index (χ2n) is 13.6. The lowest BCUT2D eigenvalue weighted by Crippen LogP contribution is -2.39. The molecule has 2 heterocycles. The van der Waals surface area contributed by atoms with Crippen molar-refractivity contribution in [3.8, 4) is 17.3 Å². The molecule has 0 fully saturated rings. The molecule has 1 N–H and O–H groups in total. The van der Waals surface area contributed by atoms with E-state index in [1.165, 1.54) is 47.1 Å².